The normalized spacial score (nSPS) is 10.8. The topological polar surface area (TPSA) is 148 Å². The van der Waals surface area contributed by atoms with Gasteiger partial charge in [-0.15, -0.1) is 0 Å². The molecule has 0 aliphatic rings. The van der Waals surface area contributed by atoms with E-state index in [9.17, 15) is 24.8 Å². The Labute approximate surface area is 158 Å². The minimum Gasteiger partial charge on any atom is -0.481 e. The van der Waals surface area contributed by atoms with E-state index in [1.54, 1.807) is 22.8 Å². The molecule has 0 saturated carbocycles. The van der Waals surface area contributed by atoms with Gasteiger partial charge in [0.25, 0.3) is 11.6 Å². The molecule has 1 aromatic heterocycles. The second kappa shape index (κ2) is 7.84. The third-order valence-electron chi connectivity index (χ3n) is 4.04. The first-order valence-electron chi connectivity index (χ1n) is 8.26. The summed E-state index contributed by atoms with van der Waals surface area (Å²) in [4.78, 5) is 38.0. The molecule has 0 bridgehead atoms. The Bertz CT molecular complexity index is 1080. The SMILES string of the molecule is O=C(O)Cc1ccc2c(c1)nc(NC(=O)c1cccc([N+](=O)[O-])c1)n2CCO. The Balaban J connectivity index is 1.95. The third kappa shape index (κ3) is 3.96. The number of hydrogen-bond donors (Lipinski definition) is 3. The molecule has 3 N–H and O–H groups in total. The van der Waals surface area contributed by atoms with Crippen molar-refractivity contribution in [2.45, 2.75) is 13.0 Å². The molecule has 0 fully saturated rings. The summed E-state index contributed by atoms with van der Waals surface area (Å²) in [7, 11) is 0. The number of nitro groups is 1. The van der Waals surface area contributed by atoms with Gasteiger partial charge in [0.05, 0.1) is 29.0 Å². The zero-order chi connectivity index (χ0) is 20.3. The van der Waals surface area contributed by atoms with E-state index in [0.29, 0.717) is 16.6 Å². The Morgan fingerprint density at radius 1 is 1.21 bits per heavy atom. The van der Waals surface area contributed by atoms with E-state index < -0.39 is 16.8 Å². The van der Waals surface area contributed by atoms with Crippen LogP contribution in [-0.4, -0.2) is 43.2 Å². The van der Waals surface area contributed by atoms with Gasteiger partial charge in [0, 0.05) is 24.2 Å². The van der Waals surface area contributed by atoms with Crippen molar-refractivity contribution in [3.8, 4) is 0 Å². The number of benzene rings is 2. The van der Waals surface area contributed by atoms with Crippen LogP contribution in [0.4, 0.5) is 11.6 Å². The van der Waals surface area contributed by atoms with Crippen molar-refractivity contribution in [3.63, 3.8) is 0 Å². The van der Waals surface area contributed by atoms with Crippen LogP contribution in [0.1, 0.15) is 15.9 Å². The summed E-state index contributed by atoms with van der Waals surface area (Å²) in [5, 5.41) is 31.7. The van der Waals surface area contributed by atoms with Crippen LogP contribution >= 0.6 is 0 Å². The van der Waals surface area contributed by atoms with Crippen molar-refractivity contribution < 1.29 is 24.7 Å². The number of carboxylic acids is 1. The second-order valence-electron chi connectivity index (χ2n) is 5.97. The van der Waals surface area contributed by atoms with Crippen molar-refractivity contribution >= 4 is 34.5 Å². The molecule has 10 heteroatoms. The molecule has 1 heterocycles. The molecule has 28 heavy (non-hydrogen) atoms. The molecule has 10 nitrogen and oxygen atoms in total. The van der Waals surface area contributed by atoms with Crippen LogP contribution in [0, 0.1) is 10.1 Å². The van der Waals surface area contributed by atoms with Crippen LogP contribution in [0.3, 0.4) is 0 Å². The molecule has 0 aliphatic carbocycles. The highest BCUT2D eigenvalue weighted by Gasteiger charge is 2.17. The summed E-state index contributed by atoms with van der Waals surface area (Å²) in [6.07, 6.45) is -0.168. The zero-order valence-corrected chi connectivity index (χ0v) is 14.5. The fourth-order valence-corrected chi connectivity index (χ4v) is 2.82. The van der Waals surface area contributed by atoms with Crippen LogP contribution in [0.2, 0.25) is 0 Å². The number of hydrogen-bond acceptors (Lipinski definition) is 6. The van der Waals surface area contributed by atoms with Gasteiger partial charge in [0.1, 0.15) is 0 Å². The number of nitrogens with zero attached hydrogens (tertiary/aromatic N) is 3. The molecule has 3 aromatic rings. The average Bonchev–Trinajstić information content (AvgIpc) is 2.98. The minimum atomic E-state index is -0.978. The van der Waals surface area contributed by atoms with Gasteiger partial charge in [-0.3, -0.25) is 25.0 Å². The first-order chi connectivity index (χ1) is 13.4. The first-order valence-corrected chi connectivity index (χ1v) is 8.26. The summed E-state index contributed by atoms with van der Waals surface area (Å²) < 4.78 is 1.58. The molecule has 3 rings (SSSR count). The molecule has 0 unspecified atom stereocenters. The Kier molecular flexibility index (Phi) is 5.32. The van der Waals surface area contributed by atoms with Gasteiger partial charge in [-0.1, -0.05) is 12.1 Å². The zero-order valence-electron chi connectivity index (χ0n) is 14.5. The van der Waals surface area contributed by atoms with Crippen molar-refractivity contribution in [3.05, 3.63) is 63.7 Å². The fourth-order valence-electron chi connectivity index (χ4n) is 2.82. The molecule has 0 atom stereocenters. The maximum absolute atomic E-state index is 12.5. The number of carbonyl (C=O) groups is 2. The lowest BCUT2D eigenvalue weighted by Gasteiger charge is -2.08. The maximum atomic E-state index is 12.5. The predicted octanol–water partition coefficient (Wildman–Crippen LogP) is 1.82. The summed E-state index contributed by atoms with van der Waals surface area (Å²) in [6, 6.07) is 10.2. The number of rotatable bonds is 7. The molecular formula is C18H16N4O6. The molecule has 0 saturated heterocycles. The summed E-state index contributed by atoms with van der Waals surface area (Å²) in [6.45, 7) is -0.0542. The molecule has 0 radical (unpaired) electrons. The van der Waals surface area contributed by atoms with Gasteiger partial charge in [-0.05, 0) is 23.8 Å². The highest BCUT2D eigenvalue weighted by molar-refractivity contribution is 6.04. The summed E-state index contributed by atoms with van der Waals surface area (Å²) >= 11 is 0. The number of aliphatic carboxylic acids is 1. The van der Waals surface area contributed by atoms with Gasteiger partial charge in [-0.2, -0.15) is 0 Å². The van der Waals surface area contributed by atoms with Crippen LogP contribution in [0.25, 0.3) is 11.0 Å². The number of imidazole rings is 1. The van der Waals surface area contributed by atoms with Crippen LogP contribution in [0.5, 0.6) is 0 Å². The quantitative estimate of drug-likeness (QED) is 0.416. The monoisotopic (exact) mass is 384 g/mol. The van der Waals surface area contributed by atoms with E-state index in [1.807, 2.05) is 0 Å². The number of aliphatic hydroxyl groups is 1. The number of amides is 1. The van der Waals surface area contributed by atoms with Crippen molar-refractivity contribution in [2.24, 2.45) is 0 Å². The number of anilines is 1. The highest BCUT2D eigenvalue weighted by atomic mass is 16.6. The second-order valence-corrected chi connectivity index (χ2v) is 5.97. The number of nitro benzene ring substituents is 1. The fraction of sp³-hybridized carbons (Fsp3) is 0.167. The number of non-ortho nitro benzene ring substituents is 1. The highest BCUT2D eigenvalue weighted by Crippen LogP contribution is 2.22. The number of aliphatic hydroxyl groups excluding tert-OH is 1. The number of nitrogens with one attached hydrogen (secondary N) is 1. The minimum absolute atomic E-state index is 0.0865. The molecule has 144 valence electrons. The molecule has 0 spiro atoms. The lowest BCUT2D eigenvalue weighted by atomic mass is 10.1. The van der Waals surface area contributed by atoms with E-state index in [0.717, 1.165) is 6.07 Å². The lowest BCUT2D eigenvalue weighted by Crippen LogP contribution is -2.17. The van der Waals surface area contributed by atoms with Crippen molar-refractivity contribution in [1.82, 2.24) is 9.55 Å². The van der Waals surface area contributed by atoms with E-state index in [-0.39, 0.29) is 36.8 Å². The van der Waals surface area contributed by atoms with Gasteiger partial charge in [-0.25, -0.2) is 4.98 Å². The number of carbonyl (C=O) groups excluding carboxylic acids is 1. The van der Waals surface area contributed by atoms with E-state index in [4.69, 9.17) is 5.11 Å². The van der Waals surface area contributed by atoms with E-state index >= 15 is 0 Å². The lowest BCUT2D eigenvalue weighted by molar-refractivity contribution is -0.384. The van der Waals surface area contributed by atoms with Gasteiger partial charge < -0.3 is 14.8 Å². The van der Waals surface area contributed by atoms with Gasteiger partial charge in [0.2, 0.25) is 5.95 Å². The van der Waals surface area contributed by atoms with Crippen LogP contribution in [0.15, 0.2) is 42.5 Å². The molecule has 0 aliphatic heterocycles. The largest absolute Gasteiger partial charge is 0.481 e. The van der Waals surface area contributed by atoms with E-state index in [1.165, 1.54) is 18.2 Å². The summed E-state index contributed by atoms with van der Waals surface area (Å²) in [5.41, 5.74) is 1.49. The van der Waals surface area contributed by atoms with Gasteiger partial charge >= 0.3 is 5.97 Å². The van der Waals surface area contributed by atoms with Crippen LogP contribution < -0.4 is 5.32 Å². The Morgan fingerprint density at radius 3 is 2.68 bits per heavy atom. The van der Waals surface area contributed by atoms with Crippen molar-refractivity contribution in [2.75, 3.05) is 11.9 Å². The molecule has 2 aromatic carbocycles. The van der Waals surface area contributed by atoms with E-state index in [2.05, 4.69) is 10.3 Å². The average molecular weight is 384 g/mol. The number of carboxylic acid groups (broad SMARTS) is 1. The standard InChI is InChI=1S/C18H16N4O6/c23-7-6-21-15-5-4-11(9-16(24)25)8-14(15)19-18(21)20-17(26)12-2-1-3-13(10-12)22(27)28/h1-5,8,10,23H,6-7,9H2,(H,24,25)(H,19,20,26). The molecule has 1 amide bonds. The third-order valence-corrected chi connectivity index (χ3v) is 4.04. The smallest absolute Gasteiger partial charge is 0.307 e. The number of aromatic nitrogens is 2. The van der Waals surface area contributed by atoms with Crippen LogP contribution in [-0.2, 0) is 17.8 Å². The summed E-state index contributed by atoms with van der Waals surface area (Å²) in [5.74, 6) is -1.43. The molecular weight excluding hydrogens is 368 g/mol. The first kappa shape index (κ1) is 19.0. The Hall–Kier alpha value is -3.79. The van der Waals surface area contributed by atoms with Crippen molar-refractivity contribution in [1.29, 1.82) is 0 Å². The van der Waals surface area contributed by atoms with Gasteiger partial charge in [0.15, 0.2) is 0 Å². The Morgan fingerprint density at radius 2 is 2.00 bits per heavy atom. The maximum Gasteiger partial charge on any atom is 0.307 e. The number of fused-ring (bicyclic) bond motifs is 1. The predicted molar refractivity (Wildman–Crippen MR) is 99.2 cm³/mol.